The van der Waals surface area contributed by atoms with Crippen molar-refractivity contribution in [3.05, 3.63) is 0 Å². The van der Waals surface area contributed by atoms with E-state index in [1.165, 1.54) is 20.0 Å². The molecule has 0 spiro atoms. The number of hydrogen-bond acceptors (Lipinski definition) is 4. The Morgan fingerprint density at radius 3 is 2.65 bits per heavy atom. The summed E-state index contributed by atoms with van der Waals surface area (Å²) in [4.78, 5) is 24.5. The number of esters is 1. The fourth-order valence-electron chi connectivity index (χ4n) is 1.65. The van der Waals surface area contributed by atoms with Crippen LogP contribution in [0.2, 0.25) is 0 Å². The van der Waals surface area contributed by atoms with Crippen LogP contribution in [0.15, 0.2) is 0 Å². The molecule has 1 fully saturated rings. The van der Waals surface area contributed by atoms with Gasteiger partial charge in [-0.25, -0.2) is 0 Å². The van der Waals surface area contributed by atoms with Crippen LogP contribution in [0.3, 0.4) is 0 Å². The van der Waals surface area contributed by atoms with E-state index >= 15 is 0 Å². The van der Waals surface area contributed by atoms with Gasteiger partial charge in [0.25, 0.3) is 0 Å². The molecule has 5 heteroatoms. The minimum atomic E-state index is -0.277. The lowest BCUT2D eigenvalue weighted by Gasteiger charge is -2.20. The Labute approximate surface area is 102 Å². The molecule has 1 aliphatic rings. The predicted octanol–water partition coefficient (Wildman–Crippen LogP) is 0.396. The summed E-state index contributed by atoms with van der Waals surface area (Å²) in [5, 5.41) is 3.29. The van der Waals surface area contributed by atoms with E-state index < -0.39 is 0 Å². The first kappa shape index (κ1) is 14.0. The standard InChI is InChI=1S/C12H22N2O3/c1-9(12(16)17-3)8-14(2)11(15)6-7-13-10-4-5-10/h9-10,13H,4-8H2,1-3H3. The molecular weight excluding hydrogens is 220 g/mol. The van der Waals surface area contributed by atoms with Gasteiger partial charge in [-0.2, -0.15) is 0 Å². The van der Waals surface area contributed by atoms with Crippen molar-refractivity contribution >= 4 is 11.9 Å². The van der Waals surface area contributed by atoms with Crippen molar-refractivity contribution in [2.75, 3.05) is 27.2 Å². The molecule has 0 saturated heterocycles. The number of methoxy groups -OCH3 is 1. The second-order valence-corrected chi connectivity index (χ2v) is 4.68. The first-order valence-electron chi connectivity index (χ1n) is 6.09. The molecule has 98 valence electrons. The highest BCUT2D eigenvalue weighted by Crippen LogP contribution is 2.18. The molecule has 0 aliphatic heterocycles. The van der Waals surface area contributed by atoms with E-state index in [4.69, 9.17) is 0 Å². The SMILES string of the molecule is COC(=O)C(C)CN(C)C(=O)CCNC1CC1. The van der Waals surface area contributed by atoms with Crippen LogP contribution in [0.4, 0.5) is 0 Å². The Bertz CT molecular complexity index is 277. The zero-order valence-electron chi connectivity index (χ0n) is 10.9. The molecule has 17 heavy (non-hydrogen) atoms. The predicted molar refractivity (Wildman–Crippen MR) is 64.5 cm³/mol. The maximum absolute atomic E-state index is 11.7. The van der Waals surface area contributed by atoms with Crippen molar-refractivity contribution in [2.24, 2.45) is 5.92 Å². The third-order valence-corrected chi connectivity index (χ3v) is 2.93. The summed E-state index contributed by atoms with van der Waals surface area (Å²) in [6.45, 7) is 2.90. The van der Waals surface area contributed by atoms with Gasteiger partial charge in [0.1, 0.15) is 0 Å². The van der Waals surface area contributed by atoms with Crippen molar-refractivity contribution in [1.29, 1.82) is 0 Å². The van der Waals surface area contributed by atoms with Gasteiger partial charge < -0.3 is 15.0 Å². The third kappa shape index (κ3) is 5.17. The number of nitrogens with zero attached hydrogens (tertiary/aromatic N) is 1. The largest absolute Gasteiger partial charge is 0.469 e. The van der Waals surface area contributed by atoms with E-state index in [0.29, 0.717) is 19.0 Å². The van der Waals surface area contributed by atoms with E-state index in [1.54, 1.807) is 18.9 Å². The zero-order chi connectivity index (χ0) is 12.8. The van der Waals surface area contributed by atoms with Crippen LogP contribution in [0.25, 0.3) is 0 Å². The highest BCUT2D eigenvalue weighted by molar-refractivity contribution is 5.77. The molecule has 5 nitrogen and oxygen atoms in total. The Kier molecular flexibility index (Phi) is 5.41. The lowest BCUT2D eigenvalue weighted by molar-refractivity contribution is -0.146. The summed E-state index contributed by atoms with van der Waals surface area (Å²) in [7, 11) is 3.08. The van der Waals surface area contributed by atoms with Crippen molar-refractivity contribution in [3.8, 4) is 0 Å². The maximum Gasteiger partial charge on any atom is 0.310 e. The summed E-state index contributed by atoms with van der Waals surface area (Å²) >= 11 is 0. The van der Waals surface area contributed by atoms with E-state index in [-0.39, 0.29) is 17.8 Å². The van der Waals surface area contributed by atoms with Gasteiger partial charge in [-0.3, -0.25) is 9.59 Å². The topological polar surface area (TPSA) is 58.6 Å². The van der Waals surface area contributed by atoms with Crippen LogP contribution in [-0.4, -0.2) is 50.1 Å². The van der Waals surface area contributed by atoms with Gasteiger partial charge in [0.15, 0.2) is 0 Å². The van der Waals surface area contributed by atoms with Gasteiger partial charge in [0.2, 0.25) is 5.91 Å². The van der Waals surface area contributed by atoms with Gasteiger partial charge in [0.05, 0.1) is 13.0 Å². The Morgan fingerprint density at radius 2 is 2.12 bits per heavy atom. The van der Waals surface area contributed by atoms with Crippen molar-refractivity contribution in [3.63, 3.8) is 0 Å². The summed E-state index contributed by atoms with van der Waals surface area (Å²) in [5.74, 6) is -0.486. The molecule has 0 bridgehead atoms. The van der Waals surface area contributed by atoms with Gasteiger partial charge in [-0.15, -0.1) is 0 Å². The van der Waals surface area contributed by atoms with E-state index in [2.05, 4.69) is 10.1 Å². The Balaban J connectivity index is 2.17. The smallest absolute Gasteiger partial charge is 0.310 e. The minimum absolute atomic E-state index is 0.0638. The molecule has 1 rings (SSSR count). The molecule has 1 aliphatic carbocycles. The normalized spacial score (nSPS) is 16.4. The Hall–Kier alpha value is -1.10. The maximum atomic E-state index is 11.7. The van der Waals surface area contributed by atoms with Crippen LogP contribution < -0.4 is 5.32 Å². The second kappa shape index (κ2) is 6.59. The number of rotatable bonds is 7. The molecule has 1 unspecified atom stereocenters. The van der Waals surface area contributed by atoms with Crippen molar-refractivity contribution < 1.29 is 14.3 Å². The summed E-state index contributed by atoms with van der Waals surface area (Å²) in [6, 6.07) is 0.627. The zero-order valence-corrected chi connectivity index (χ0v) is 10.9. The quantitative estimate of drug-likeness (QED) is 0.656. The lowest BCUT2D eigenvalue weighted by atomic mass is 10.1. The van der Waals surface area contributed by atoms with E-state index in [9.17, 15) is 9.59 Å². The highest BCUT2D eigenvalue weighted by Gasteiger charge is 2.21. The molecule has 0 heterocycles. The Morgan fingerprint density at radius 1 is 1.47 bits per heavy atom. The van der Waals surface area contributed by atoms with Crippen LogP contribution in [-0.2, 0) is 14.3 Å². The monoisotopic (exact) mass is 242 g/mol. The van der Waals surface area contributed by atoms with Gasteiger partial charge >= 0.3 is 5.97 Å². The molecule has 0 aromatic heterocycles. The average molecular weight is 242 g/mol. The fraction of sp³-hybridized carbons (Fsp3) is 0.833. The number of hydrogen-bond donors (Lipinski definition) is 1. The molecule has 1 atom stereocenters. The molecule has 0 aromatic rings. The van der Waals surface area contributed by atoms with E-state index in [1.807, 2.05) is 0 Å². The number of carbonyl (C=O) groups is 2. The summed E-state index contributed by atoms with van der Waals surface area (Å²) < 4.78 is 4.62. The second-order valence-electron chi connectivity index (χ2n) is 4.68. The van der Waals surface area contributed by atoms with Crippen LogP contribution in [0.5, 0.6) is 0 Å². The lowest BCUT2D eigenvalue weighted by Crippen LogP contribution is -2.35. The van der Waals surface area contributed by atoms with Crippen LogP contribution in [0, 0.1) is 5.92 Å². The highest BCUT2D eigenvalue weighted by atomic mass is 16.5. The number of ether oxygens (including phenoxy) is 1. The number of amides is 1. The number of carbonyl (C=O) groups excluding carboxylic acids is 2. The van der Waals surface area contributed by atoms with E-state index in [0.717, 1.165) is 6.54 Å². The van der Waals surface area contributed by atoms with Gasteiger partial charge in [-0.1, -0.05) is 6.92 Å². The molecule has 1 saturated carbocycles. The first-order chi connectivity index (χ1) is 8.04. The number of nitrogens with one attached hydrogen (secondary N) is 1. The molecule has 1 amide bonds. The van der Waals surface area contributed by atoms with Crippen LogP contribution >= 0.6 is 0 Å². The summed E-state index contributed by atoms with van der Waals surface area (Å²) in [5.41, 5.74) is 0. The third-order valence-electron chi connectivity index (χ3n) is 2.93. The minimum Gasteiger partial charge on any atom is -0.469 e. The fourth-order valence-corrected chi connectivity index (χ4v) is 1.65. The van der Waals surface area contributed by atoms with Gasteiger partial charge in [0, 0.05) is 32.6 Å². The van der Waals surface area contributed by atoms with Crippen molar-refractivity contribution in [2.45, 2.75) is 32.2 Å². The van der Waals surface area contributed by atoms with Crippen LogP contribution in [0.1, 0.15) is 26.2 Å². The first-order valence-corrected chi connectivity index (χ1v) is 6.09. The molecule has 0 radical (unpaired) electrons. The summed E-state index contributed by atoms with van der Waals surface area (Å²) in [6.07, 6.45) is 2.94. The average Bonchev–Trinajstić information content (AvgIpc) is 3.11. The molecular formula is C12H22N2O3. The molecule has 0 aromatic carbocycles. The van der Waals surface area contributed by atoms with Crippen molar-refractivity contribution in [1.82, 2.24) is 10.2 Å². The molecule has 1 N–H and O–H groups in total. The van der Waals surface area contributed by atoms with Gasteiger partial charge in [-0.05, 0) is 12.8 Å².